The molecule has 0 bridgehead atoms. The highest BCUT2D eigenvalue weighted by atomic mass is 16.5. The summed E-state index contributed by atoms with van der Waals surface area (Å²) in [5, 5.41) is 8.38. The van der Waals surface area contributed by atoms with Crippen molar-refractivity contribution in [2.45, 2.75) is 44.1 Å². The highest BCUT2D eigenvalue weighted by Crippen LogP contribution is 2.33. The number of anilines is 2. The van der Waals surface area contributed by atoms with Gasteiger partial charge in [-0.25, -0.2) is 4.79 Å². The van der Waals surface area contributed by atoms with E-state index in [1.54, 1.807) is 55.6 Å². The molecule has 9 heteroatoms. The molecule has 9 nitrogen and oxygen atoms in total. The number of nitrogens with zero attached hydrogens (tertiary/aromatic N) is 1. The molecule has 2 fully saturated rings. The Morgan fingerprint density at radius 2 is 1.56 bits per heavy atom. The minimum atomic E-state index is -0.784. The lowest BCUT2D eigenvalue weighted by molar-refractivity contribution is -0.132. The Hall–Kier alpha value is -3.88. The largest absolute Gasteiger partial charge is 0.497 e. The summed E-state index contributed by atoms with van der Waals surface area (Å²) in [4.78, 5) is 51.1. The Morgan fingerprint density at radius 3 is 2.21 bits per heavy atom. The molecule has 1 saturated heterocycles. The van der Waals surface area contributed by atoms with Crippen LogP contribution in [0.5, 0.6) is 5.75 Å². The van der Waals surface area contributed by atoms with E-state index >= 15 is 0 Å². The number of imide groups is 1. The predicted molar refractivity (Wildman–Crippen MR) is 127 cm³/mol. The van der Waals surface area contributed by atoms with Crippen LogP contribution in [0.2, 0.25) is 0 Å². The molecule has 1 aliphatic heterocycles. The number of carbonyl (C=O) groups is 4. The smallest absolute Gasteiger partial charge is 0.325 e. The van der Waals surface area contributed by atoms with E-state index in [4.69, 9.17) is 4.74 Å². The topological polar surface area (TPSA) is 117 Å². The van der Waals surface area contributed by atoms with Gasteiger partial charge < -0.3 is 20.7 Å². The quantitative estimate of drug-likeness (QED) is 0.542. The number of benzene rings is 2. The Labute approximate surface area is 197 Å². The van der Waals surface area contributed by atoms with Crippen LogP contribution in [-0.2, 0) is 9.59 Å². The van der Waals surface area contributed by atoms with Gasteiger partial charge in [0.15, 0.2) is 0 Å². The van der Waals surface area contributed by atoms with Gasteiger partial charge in [-0.1, -0.05) is 19.3 Å². The number of hydrogen-bond donors (Lipinski definition) is 3. The molecule has 5 amide bonds. The van der Waals surface area contributed by atoms with Crippen LogP contribution in [0, 0.1) is 0 Å². The van der Waals surface area contributed by atoms with Gasteiger partial charge in [-0.3, -0.25) is 19.3 Å². The number of methoxy groups -OCH3 is 1. The molecule has 34 heavy (non-hydrogen) atoms. The number of ether oxygens (including phenoxy) is 1. The summed E-state index contributed by atoms with van der Waals surface area (Å²) in [7, 11) is 1.57. The highest BCUT2D eigenvalue weighted by Gasteiger charge is 2.51. The van der Waals surface area contributed by atoms with E-state index in [9.17, 15) is 19.2 Å². The lowest BCUT2D eigenvalue weighted by atomic mass is 9.82. The van der Waals surface area contributed by atoms with Gasteiger partial charge in [0.1, 0.15) is 11.3 Å². The normalized spacial score (nSPS) is 16.8. The van der Waals surface area contributed by atoms with Gasteiger partial charge in [0, 0.05) is 29.9 Å². The van der Waals surface area contributed by atoms with E-state index in [-0.39, 0.29) is 30.7 Å². The van der Waals surface area contributed by atoms with Crippen molar-refractivity contribution in [1.29, 1.82) is 0 Å². The molecular weight excluding hydrogens is 436 g/mol. The minimum Gasteiger partial charge on any atom is -0.497 e. The van der Waals surface area contributed by atoms with Crippen LogP contribution >= 0.6 is 0 Å². The van der Waals surface area contributed by atoms with E-state index in [2.05, 4.69) is 16.0 Å². The molecule has 0 unspecified atom stereocenters. The summed E-state index contributed by atoms with van der Waals surface area (Å²) in [6, 6.07) is 13.0. The van der Waals surface area contributed by atoms with E-state index in [0.29, 0.717) is 35.5 Å². The van der Waals surface area contributed by atoms with Gasteiger partial charge in [0.2, 0.25) is 5.91 Å². The Morgan fingerprint density at radius 1 is 0.941 bits per heavy atom. The third-order valence-corrected chi connectivity index (χ3v) is 6.29. The van der Waals surface area contributed by atoms with Crippen LogP contribution < -0.4 is 20.7 Å². The van der Waals surface area contributed by atoms with Gasteiger partial charge >= 0.3 is 6.03 Å². The van der Waals surface area contributed by atoms with Crippen molar-refractivity contribution in [3.05, 3.63) is 54.1 Å². The first-order valence-corrected chi connectivity index (χ1v) is 11.4. The molecule has 0 radical (unpaired) electrons. The summed E-state index contributed by atoms with van der Waals surface area (Å²) >= 11 is 0. The Bertz CT molecular complexity index is 1080. The SMILES string of the molecule is COc1ccc(NC(=O)c2ccc(NC(=O)CCN3C(=O)NC4(CCCCC4)C3=O)cc2)cc1. The van der Waals surface area contributed by atoms with Crippen LogP contribution in [0.25, 0.3) is 0 Å². The van der Waals surface area contributed by atoms with E-state index in [1.807, 2.05) is 0 Å². The molecule has 178 valence electrons. The molecule has 0 atom stereocenters. The predicted octanol–water partition coefficient (Wildman–Crippen LogP) is 3.53. The average Bonchev–Trinajstić information content (AvgIpc) is 3.07. The van der Waals surface area contributed by atoms with E-state index < -0.39 is 11.6 Å². The first kappa shape index (κ1) is 23.3. The third-order valence-electron chi connectivity index (χ3n) is 6.29. The zero-order chi connectivity index (χ0) is 24.1. The third kappa shape index (κ3) is 5.03. The summed E-state index contributed by atoms with van der Waals surface area (Å²) in [6.45, 7) is 0.0284. The maximum Gasteiger partial charge on any atom is 0.325 e. The van der Waals surface area contributed by atoms with Crippen molar-refractivity contribution in [3.63, 3.8) is 0 Å². The molecule has 0 aromatic heterocycles. The first-order chi connectivity index (χ1) is 16.4. The monoisotopic (exact) mass is 464 g/mol. The second-order valence-electron chi connectivity index (χ2n) is 8.59. The van der Waals surface area contributed by atoms with Gasteiger partial charge in [-0.15, -0.1) is 0 Å². The van der Waals surface area contributed by atoms with Crippen LogP contribution in [0.3, 0.4) is 0 Å². The number of hydrogen-bond acceptors (Lipinski definition) is 5. The highest BCUT2D eigenvalue weighted by molar-refractivity contribution is 6.07. The summed E-state index contributed by atoms with van der Waals surface area (Å²) < 4.78 is 5.10. The molecule has 2 aliphatic rings. The Balaban J connectivity index is 1.27. The number of amides is 5. The molecule has 2 aromatic carbocycles. The summed E-state index contributed by atoms with van der Waals surface area (Å²) in [6.07, 6.45) is 4.18. The first-order valence-electron chi connectivity index (χ1n) is 11.4. The van der Waals surface area contributed by atoms with Gasteiger partial charge in [0.25, 0.3) is 11.8 Å². The van der Waals surface area contributed by atoms with Crippen molar-refractivity contribution in [2.75, 3.05) is 24.3 Å². The lowest BCUT2D eigenvalue weighted by Gasteiger charge is -2.30. The number of nitrogens with one attached hydrogen (secondary N) is 3. The van der Waals surface area contributed by atoms with Crippen LogP contribution in [0.4, 0.5) is 16.2 Å². The molecule has 1 saturated carbocycles. The standard InChI is InChI=1S/C25H28N4O5/c1-34-20-11-9-19(10-12-20)27-22(31)17-5-7-18(8-6-17)26-21(30)13-16-29-23(32)25(28-24(29)33)14-3-2-4-15-25/h5-12H,2-4,13-16H2,1H3,(H,26,30)(H,27,31)(H,28,33). The number of rotatable bonds is 7. The van der Waals surface area contributed by atoms with E-state index in [1.165, 1.54) is 0 Å². The molecule has 1 spiro atoms. The zero-order valence-corrected chi connectivity index (χ0v) is 19.1. The maximum absolute atomic E-state index is 12.8. The van der Waals surface area contributed by atoms with Gasteiger partial charge in [0.05, 0.1) is 7.11 Å². The van der Waals surface area contributed by atoms with Crippen molar-refractivity contribution in [2.24, 2.45) is 0 Å². The van der Waals surface area contributed by atoms with Gasteiger partial charge in [-0.05, 0) is 61.4 Å². The Kier molecular flexibility index (Phi) is 6.81. The van der Waals surface area contributed by atoms with Crippen LogP contribution in [0.15, 0.2) is 48.5 Å². The molecule has 2 aromatic rings. The zero-order valence-electron chi connectivity index (χ0n) is 19.1. The van der Waals surface area contributed by atoms with E-state index in [0.717, 1.165) is 24.2 Å². The maximum atomic E-state index is 12.8. The molecule has 3 N–H and O–H groups in total. The average molecular weight is 465 g/mol. The number of urea groups is 1. The van der Waals surface area contributed by atoms with Crippen LogP contribution in [-0.4, -0.2) is 47.8 Å². The molecule has 1 heterocycles. The second-order valence-corrected chi connectivity index (χ2v) is 8.59. The fourth-order valence-electron chi connectivity index (χ4n) is 4.39. The van der Waals surface area contributed by atoms with Crippen LogP contribution in [0.1, 0.15) is 48.9 Å². The summed E-state index contributed by atoms with van der Waals surface area (Å²) in [5.74, 6) is -0.127. The van der Waals surface area contributed by atoms with Gasteiger partial charge in [-0.2, -0.15) is 0 Å². The number of carbonyl (C=O) groups excluding carboxylic acids is 4. The van der Waals surface area contributed by atoms with Crippen molar-refractivity contribution < 1.29 is 23.9 Å². The van der Waals surface area contributed by atoms with Crippen molar-refractivity contribution in [1.82, 2.24) is 10.2 Å². The van der Waals surface area contributed by atoms with Crippen molar-refractivity contribution in [3.8, 4) is 5.75 Å². The minimum absolute atomic E-state index is 0.00501. The second kappa shape index (κ2) is 9.94. The fraction of sp³-hybridized carbons (Fsp3) is 0.360. The lowest BCUT2D eigenvalue weighted by Crippen LogP contribution is -2.48. The van der Waals surface area contributed by atoms with Crippen molar-refractivity contribution >= 4 is 35.1 Å². The fourth-order valence-corrected chi connectivity index (χ4v) is 4.39. The summed E-state index contributed by atoms with van der Waals surface area (Å²) in [5.41, 5.74) is 0.810. The molecular formula is C25H28N4O5. The molecule has 1 aliphatic carbocycles. The molecule has 4 rings (SSSR count).